The Morgan fingerprint density at radius 3 is 2.23 bits per heavy atom. The molecule has 22 heavy (non-hydrogen) atoms. The van der Waals surface area contributed by atoms with Crippen molar-refractivity contribution in [1.82, 2.24) is 0 Å². The maximum absolute atomic E-state index is 12.9. The molecule has 2 amide bonds. The van der Waals surface area contributed by atoms with Crippen LogP contribution in [0, 0.1) is 17.3 Å². The van der Waals surface area contributed by atoms with Crippen LogP contribution in [0.1, 0.15) is 34.6 Å². The lowest BCUT2D eigenvalue weighted by molar-refractivity contribution is -0.126. The molecule has 2 rings (SSSR count). The van der Waals surface area contributed by atoms with Crippen molar-refractivity contribution in [3.63, 3.8) is 0 Å². The van der Waals surface area contributed by atoms with Gasteiger partial charge in [-0.05, 0) is 18.1 Å². The summed E-state index contributed by atoms with van der Waals surface area (Å²) >= 11 is 0. The molecule has 0 fully saturated rings. The zero-order valence-electron chi connectivity index (χ0n) is 14.4. The lowest BCUT2D eigenvalue weighted by Gasteiger charge is -2.31. The van der Waals surface area contributed by atoms with E-state index in [1.807, 2.05) is 58.9 Å². The van der Waals surface area contributed by atoms with Crippen LogP contribution in [-0.2, 0) is 9.59 Å². The van der Waals surface area contributed by atoms with Crippen molar-refractivity contribution in [1.29, 1.82) is 0 Å². The second kappa shape index (κ2) is 5.75. The van der Waals surface area contributed by atoms with Gasteiger partial charge in [-0.1, -0.05) is 46.8 Å². The van der Waals surface area contributed by atoms with Crippen LogP contribution in [0.2, 0.25) is 0 Å². The number of hydrogen-bond acceptors (Lipinski definition) is 2. The number of carbonyl (C=O) groups excluding carboxylic acids is 2. The molecule has 120 valence electrons. The van der Waals surface area contributed by atoms with Crippen LogP contribution in [0.15, 0.2) is 24.3 Å². The van der Waals surface area contributed by atoms with Crippen LogP contribution in [0.5, 0.6) is 0 Å². The smallest absolute Gasteiger partial charge is 0.232 e. The van der Waals surface area contributed by atoms with E-state index in [9.17, 15) is 9.59 Å². The van der Waals surface area contributed by atoms with E-state index in [2.05, 4.69) is 0 Å². The molecule has 1 aromatic carbocycles. The molecule has 1 aliphatic rings. The highest BCUT2D eigenvalue weighted by molar-refractivity contribution is 6.06. The van der Waals surface area contributed by atoms with E-state index >= 15 is 0 Å². The molecule has 0 radical (unpaired) electrons. The fourth-order valence-electron chi connectivity index (χ4n) is 2.81. The number of nitrogens with zero attached hydrogens (tertiary/aromatic N) is 2. The molecule has 0 bridgehead atoms. The van der Waals surface area contributed by atoms with Gasteiger partial charge < -0.3 is 9.80 Å². The summed E-state index contributed by atoms with van der Waals surface area (Å²) in [4.78, 5) is 29.2. The monoisotopic (exact) mass is 302 g/mol. The zero-order chi connectivity index (χ0) is 16.7. The van der Waals surface area contributed by atoms with E-state index in [-0.39, 0.29) is 23.7 Å². The van der Waals surface area contributed by atoms with Crippen LogP contribution >= 0.6 is 0 Å². The topological polar surface area (TPSA) is 40.6 Å². The number of benzene rings is 1. The molecule has 0 aliphatic carbocycles. The van der Waals surface area contributed by atoms with E-state index in [0.29, 0.717) is 6.54 Å². The van der Waals surface area contributed by atoms with Crippen molar-refractivity contribution in [3.8, 4) is 0 Å². The quantitative estimate of drug-likeness (QED) is 0.798. The number of amides is 2. The summed E-state index contributed by atoms with van der Waals surface area (Å²) in [5.74, 6) is 0.114. The molecule has 1 heterocycles. The predicted octanol–water partition coefficient (Wildman–Crippen LogP) is 3.31. The molecule has 1 atom stereocenters. The summed E-state index contributed by atoms with van der Waals surface area (Å²) < 4.78 is 0. The van der Waals surface area contributed by atoms with E-state index in [1.54, 1.807) is 16.8 Å². The van der Waals surface area contributed by atoms with Gasteiger partial charge in [0.2, 0.25) is 11.8 Å². The first kappa shape index (κ1) is 16.5. The molecule has 0 spiro atoms. The molecule has 4 nitrogen and oxygen atoms in total. The number of anilines is 2. The van der Waals surface area contributed by atoms with Gasteiger partial charge in [-0.3, -0.25) is 9.59 Å². The van der Waals surface area contributed by atoms with Crippen LogP contribution in [0.25, 0.3) is 0 Å². The second-order valence-electron chi connectivity index (χ2n) is 7.40. The Balaban J connectivity index is 2.58. The zero-order valence-corrected chi connectivity index (χ0v) is 14.4. The molecule has 4 heteroatoms. The summed E-state index contributed by atoms with van der Waals surface area (Å²) in [7, 11) is 1.79. The number of rotatable bonds is 1. The highest BCUT2D eigenvalue weighted by Crippen LogP contribution is 2.37. The van der Waals surface area contributed by atoms with Gasteiger partial charge in [0.25, 0.3) is 0 Å². The average molecular weight is 302 g/mol. The first-order chi connectivity index (χ1) is 10.1. The maximum atomic E-state index is 12.9. The third kappa shape index (κ3) is 2.87. The van der Waals surface area contributed by atoms with Gasteiger partial charge >= 0.3 is 0 Å². The summed E-state index contributed by atoms with van der Waals surface area (Å²) in [5, 5.41) is 0. The van der Waals surface area contributed by atoms with Gasteiger partial charge in [-0.25, -0.2) is 0 Å². The normalized spacial score (nSPS) is 19.2. The van der Waals surface area contributed by atoms with Gasteiger partial charge in [0, 0.05) is 19.0 Å². The number of carbonyl (C=O) groups is 2. The second-order valence-corrected chi connectivity index (χ2v) is 7.40. The highest BCUT2D eigenvalue weighted by atomic mass is 16.2. The Bertz CT molecular complexity index is 587. The summed E-state index contributed by atoms with van der Waals surface area (Å²) in [5.41, 5.74) is 1.13. The highest BCUT2D eigenvalue weighted by Gasteiger charge is 2.38. The average Bonchev–Trinajstić information content (AvgIpc) is 2.55. The largest absolute Gasteiger partial charge is 0.313 e. The molecule has 1 aliphatic heterocycles. The Hall–Kier alpha value is -1.84. The van der Waals surface area contributed by atoms with Crippen LogP contribution < -0.4 is 9.80 Å². The fourth-order valence-corrected chi connectivity index (χ4v) is 2.81. The van der Waals surface area contributed by atoms with E-state index in [0.717, 1.165) is 11.4 Å². The van der Waals surface area contributed by atoms with Gasteiger partial charge in [0.15, 0.2) is 0 Å². The lowest BCUT2D eigenvalue weighted by Crippen LogP contribution is -2.44. The Labute approximate surface area is 133 Å². The van der Waals surface area contributed by atoms with Crippen molar-refractivity contribution in [2.75, 3.05) is 23.4 Å². The molecule has 0 N–H and O–H groups in total. The summed E-state index contributed by atoms with van der Waals surface area (Å²) in [6, 6.07) is 7.64. The molecule has 0 unspecified atom stereocenters. The lowest BCUT2D eigenvalue weighted by atomic mass is 9.91. The number of hydrogen-bond donors (Lipinski definition) is 0. The number of fused-ring (bicyclic) bond motifs is 1. The van der Waals surface area contributed by atoms with Crippen molar-refractivity contribution in [2.24, 2.45) is 17.3 Å². The van der Waals surface area contributed by atoms with Crippen molar-refractivity contribution < 1.29 is 9.59 Å². The Kier molecular flexibility index (Phi) is 4.32. The molecule has 0 saturated carbocycles. The van der Waals surface area contributed by atoms with Crippen LogP contribution in [0.4, 0.5) is 11.4 Å². The van der Waals surface area contributed by atoms with Crippen molar-refractivity contribution in [3.05, 3.63) is 24.3 Å². The summed E-state index contributed by atoms with van der Waals surface area (Å²) in [6.45, 7) is 10.3. The molecule has 1 aromatic rings. The minimum absolute atomic E-state index is 0.0497. The van der Waals surface area contributed by atoms with Crippen molar-refractivity contribution in [2.45, 2.75) is 34.6 Å². The molecule has 0 saturated heterocycles. The van der Waals surface area contributed by atoms with Crippen molar-refractivity contribution >= 4 is 23.2 Å². The molecular weight excluding hydrogens is 276 g/mol. The van der Waals surface area contributed by atoms with Gasteiger partial charge in [-0.15, -0.1) is 0 Å². The number of para-hydroxylation sites is 2. The first-order valence-corrected chi connectivity index (χ1v) is 7.83. The van der Waals surface area contributed by atoms with Crippen LogP contribution in [0.3, 0.4) is 0 Å². The molecule has 0 aromatic heterocycles. The third-order valence-corrected chi connectivity index (χ3v) is 4.25. The van der Waals surface area contributed by atoms with Gasteiger partial charge in [-0.2, -0.15) is 0 Å². The Morgan fingerprint density at radius 2 is 1.73 bits per heavy atom. The maximum Gasteiger partial charge on any atom is 0.232 e. The fraction of sp³-hybridized carbons (Fsp3) is 0.556. The van der Waals surface area contributed by atoms with E-state index in [4.69, 9.17) is 0 Å². The minimum Gasteiger partial charge on any atom is -0.313 e. The van der Waals surface area contributed by atoms with Gasteiger partial charge in [0.1, 0.15) is 0 Å². The third-order valence-electron chi connectivity index (χ3n) is 4.25. The summed E-state index contributed by atoms with van der Waals surface area (Å²) in [6.07, 6.45) is 0. The Morgan fingerprint density at radius 1 is 1.18 bits per heavy atom. The SMILES string of the molecule is CC(C)[C@H]1CN(C(=O)C(C)(C)C)c2ccccc2N(C)C1=O. The standard InChI is InChI=1S/C18H26N2O2/c1-12(2)13-11-20(17(22)18(3,4)5)15-10-8-7-9-14(15)19(6)16(13)21/h7-10,12-13H,11H2,1-6H3/t13-/m1/s1. The minimum atomic E-state index is -0.486. The molecular formula is C18H26N2O2. The first-order valence-electron chi connectivity index (χ1n) is 7.83. The van der Waals surface area contributed by atoms with E-state index in [1.165, 1.54) is 0 Å². The van der Waals surface area contributed by atoms with Gasteiger partial charge in [0.05, 0.1) is 17.3 Å². The van der Waals surface area contributed by atoms with Crippen LogP contribution in [-0.4, -0.2) is 25.4 Å². The predicted molar refractivity (Wildman–Crippen MR) is 90.0 cm³/mol. The van der Waals surface area contributed by atoms with E-state index < -0.39 is 5.41 Å².